The maximum absolute atomic E-state index is 13.0. The van der Waals surface area contributed by atoms with Gasteiger partial charge in [-0.2, -0.15) is 17.0 Å². The van der Waals surface area contributed by atoms with E-state index in [1.807, 2.05) is 0 Å². The SMILES string of the molecule is NCCN(C1COC1)S(=O)(=O)N1C[C@H](CCCB(O)O)[C@](N)(C(=O)O)C1. The summed E-state index contributed by atoms with van der Waals surface area (Å²) >= 11 is 0. The number of nitrogens with two attached hydrogens (primary N) is 2. The summed E-state index contributed by atoms with van der Waals surface area (Å²) in [6.07, 6.45) is 0.666. The summed E-state index contributed by atoms with van der Waals surface area (Å²) in [5.74, 6) is -1.91. The molecule has 0 aromatic rings. The third-order valence-electron chi connectivity index (χ3n) is 5.00. The fourth-order valence-corrected chi connectivity index (χ4v) is 5.24. The lowest BCUT2D eigenvalue weighted by Gasteiger charge is -2.38. The Balaban J connectivity index is 2.16. The van der Waals surface area contributed by atoms with Crippen molar-refractivity contribution < 1.29 is 33.1 Å². The maximum atomic E-state index is 13.0. The molecule has 2 saturated heterocycles. The standard InChI is InChI=1S/C13H27BN4O7S/c15-4-5-18(11-7-25-8-11)26(23,24)17-6-10(2-1-3-14(21)22)13(16,9-17)12(19)20/h10-11,21-22H,1-9,15-16H2,(H,19,20)/t10-,13-/m0/s1. The second kappa shape index (κ2) is 8.48. The molecule has 13 heteroatoms. The van der Waals surface area contributed by atoms with E-state index in [4.69, 9.17) is 26.3 Å². The van der Waals surface area contributed by atoms with Gasteiger partial charge in [0.1, 0.15) is 5.54 Å². The van der Waals surface area contributed by atoms with Crippen LogP contribution >= 0.6 is 0 Å². The van der Waals surface area contributed by atoms with Gasteiger partial charge in [-0.1, -0.05) is 6.42 Å². The van der Waals surface area contributed by atoms with Gasteiger partial charge in [-0.05, 0) is 12.7 Å². The highest BCUT2D eigenvalue weighted by atomic mass is 32.2. The summed E-state index contributed by atoms with van der Waals surface area (Å²) in [5, 5.41) is 27.4. The van der Waals surface area contributed by atoms with Crippen LogP contribution in [0, 0.1) is 5.92 Å². The monoisotopic (exact) mass is 394 g/mol. The number of ether oxygens (including phenoxy) is 1. The second-order valence-electron chi connectivity index (χ2n) is 6.84. The van der Waals surface area contributed by atoms with Gasteiger partial charge in [-0.15, -0.1) is 0 Å². The van der Waals surface area contributed by atoms with Gasteiger partial charge < -0.3 is 31.4 Å². The number of carboxylic acids is 1. The third kappa shape index (κ3) is 4.36. The molecule has 0 unspecified atom stereocenters. The fourth-order valence-electron chi connectivity index (χ4n) is 3.36. The van der Waals surface area contributed by atoms with E-state index in [1.54, 1.807) is 0 Å². The van der Waals surface area contributed by atoms with Crippen LogP contribution in [0.4, 0.5) is 0 Å². The van der Waals surface area contributed by atoms with Gasteiger partial charge >= 0.3 is 13.1 Å². The molecule has 2 aliphatic rings. The topological polar surface area (TPSA) is 180 Å². The first-order valence-electron chi connectivity index (χ1n) is 8.56. The summed E-state index contributed by atoms with van der Waals surface area (Å²) < 4.78 is 33.4. The van der Waals surface area contributed by atoms with E-state index in [9.17, 15) is 18.3 Å². The summed E-state index contributed by atoms with van der Waals surface area (Å²) in [5.41, 5.74) is 9.86. The summed E-state index contributed by atoms with van der Waals surface area (Å²) in [4.78, 5) is 11.7. The number of rotatable bonds is 10. The van der Waals surface area contributed by atoms with Crippen molar-refractivity contribution in [3.05, 3.63) is 0 Å². The molecule has 2 aliphatic heterocycles. The first-order valence-corrected chi connectivity index (χ1v) is 9.95. The van der Waals surface area contributed by atoms with E-state index in [0.29, 0.717) is 6.42 Å². The molecule has 0 aromatic heterocycles. The Kier molecular flexibility index (Phi) is 7.01. The van der Waals surface area contributed by atoms with Crippen molar-refractivity contribution in [2.75, 3.05) is 39.4 Å². The molecule has 0 spiro atoms. The zero-order valence-corrected chi connectivity index (χ0v) is 15.3. The molecule has 2 atom stereocenters. The average molecular weight is 394 g/mol. The Hall–Kier alpha value is -0.795. The quantitative estimate of drug-likeness (QED) is 0.239. The number of hydrogen-bond acceptors (Lipinski definition) is 8. The Labute approximate surface area is 153 Å². The summed E-state index contributed by atoms with van der Waals surface area (Å²) in [7, 11) is -5.43. The van der Waals surface area contributed by atoms with Crippen LogP contribution in [0.15, 0.2) is 0 Å². The molecule has 0 aromatic carbocycles. The number of nitrogens with zero attached hydrogens (tertiary/aromatic N) is 2. The molecule has 2 rings (SSSR count). The van der Waals surface area contributed by atoms with Gasteiger partial charge in [0.15, 0.2) is 0 Å². The molecule has 2 fully saturated rings. The lowest BCUT2D eigenvalue weighted by molar-refractivity contribution is -0.144. The zero-order valence-electron chi connectivity index (χ0n) is 14.5. The smallest absolute Gasteiger partial charge is 0.451 e. The van der Waals surface area contributed by atoms with Crippen molar-refractivity contribution in [3.63, 3.8) is 0 Å². The molecule has 0 aliphatic carbocycles. The largest absolute Gasteiger partial charge is 0.480 e. The molecule has 26 heavy (non-hydrogen) atoms. The summed E-state index contributed by atoms with van der Waals surface area (Å²) in [6, 6.07) is -0.316. The van der Waals surface area contributed by atoms with Gasteiger partial charge in [0.25, 0.3) is 10.2 Å². The minimum absolute atomic E-state index is 0.0404. The molecular weight excluding hydrogens is 367 g/mol. The van der Waals surface area contributed by atoms with Crippen molar-refractivity contribution in [1.82, 2.24) is 8.61 Å². The molecule has 7 N–H and O–H groups in total. The van der Waals surface area contributed by atoms with Gasteiger partial charge in [-0.3, -0.25) is 4.79 Å². The molecule has 0 bridgehead atoms. The maximum Gasteiger partial charge on any atom is 0.451 e. The highest BCUT2D eigenvalue weighted by Gasteiger charge is 2.54. The molecular formula is C13H27BN4O7S. The van der Waals surface area contributed by atoms with E-state index < -0.39 is 34.8 Å². The van der Waals surface area contributed by atoms with Crippen molar-refractivity contribution in [1.29, 1.82) is 0 Å². The predicted octanol–water partition coefficient (Wildman–Crippen LogP) is -3.14. The van der Waals surface area contributed by atoms with Gasteiger partial charge in [-0.25, -0.2) is 0 Å². The lowest BCUT2D eigenvalue weighted by atomic mass is 9.78. The number of carbonyl (C=O) groups is 1. The highest BCUT2D eigenvalue weighted by molar-refractivity contribution is 7.86. The van der Waals surface area contributed by atoms with Gasteiger partial charge in [0.2, 0.25) is 0 Å². The van der Waals surface area contributed by atoms with Crippen molar-refractivity contribution in [3.8, 4) is 0 Å². The van der Waals surface area contributed by atoms with Crippen LogP contribution in [0.2, 0.25) is 6.32 Å². The minimum Gasteiger partial charge on any atom is -0.480 e. The number of aliphatic carboxylic acids is 1. The molecule has 0 radical (unpaired) electrons. The summed E-state index contributed by atoms with van der Waals surface area (Å²) in [6.45, 7) is 0.412. The minimum atomic E-state index is -3.94. The number of hydrogen-bond donors (Lipinski definition) is 5. The van der Waals surface area contributed by atoms with Crippen LogP contribution in [-0.4, -0.2) is 96.2 Å². The van der Waals surface area contributed by atoms with Crippen molar-refractivity contribution >= 4 is 23.3 Å². The van der Waals surface area contributed by atoms with Crippen LogP contribution in [-0.2, 0) is 19.7 Å². The van der Waals surface area contributed by atoms with E-state index >= 15 is 0 Å². The molecule has 11 nitrogen and oxygen atoms in total. The first kappa shape index (κ1) is 21.5. The molecule has 0 amide bonds. The van der Waals surface area contributed by atoms with E-state index in [1.165, 1.54) is 4.31 Å². The van der Waals surface area contributed by atoms with Gasteiger partial charge in [0.05, 0.1) is 19.3 Å². The van der Waals surface area contributed by atoms with Crippen LogP contribution < -0.4 is 11.5 Å². The predicted molar refractivity (Wildman–Crippen MR) is 93.1 cm³/mol. The fraction of sp³-hybridized carbons (Fsp3) is 0.923. The van der Waals surface area contributed by atoms with Gasteiger partial charge in [0, 0.05) is 32.1 Å². The Morgan fingerprint density at radius 1 is 1.38 bits per heavy atom. The molecule has 150 valence electrons. The van der Waals surface area contributed by atoms with Crippen molar-refractivity contribution in [2.24, 2.45) is 17.4 Å². The Morgan fingerprint density at radius 3 is 2.50 bits per heavy atom. The normalized spacial score (nSPS) is 27.7. The van der Waals surface area contributed by atoms with Crippen LogP contribution in [0.25, 0.3) is 0 Å². The molecule has 2 heterocycles. The van der Waals surface area contributed by atoms with E-state index in [0.717, 1.165) is 4.31 Å². The van der Waals surface area contributed by atoms with Crippen LogP contribution in [0.5, 0.6) is 0 Å². The van der Waals surface area contributed by atoms with E-state index in [2.05, 4.69) is 0 Å². The first-order chi connectivity index (χ1) is 12.1. The molecule has 0 saturated carbocycles. The average Bonchev–Trinajstić information content (AvgIpc) is 2.84. The Morgan fingerprint density at radius 2 is 2.04 bits per heavy atom. The second-order valence-corrected chi connectivity index (χ2v) is 8.73. The van der Waals surface area contributed by atoms with Crippen LogP contribution in [0.1, 0.15) is 12.8 Å². The van der Waals surface area contributed by atoms with E-state index in [-0.39, 0.29) is 58.2 Å². The van der Waals surface area contributed by atoms with Crippen molar-refractivity contribution in [2.45, 2.75) is 30.7 Å². The lowest BCUT2D eigenvalue weighted by Crippen LogP contribution is -2.58. The highest BCUT2D eigenvalue weighted by Crippen LogP contribution is 2.33. The van der Waals surface area contributed by atoms with Crippen LogP contribution in [0.3, 0.4) is 0 Å². The number of carboxylic acid groups (broad SMARTS) is 1. The third-order valence-corrected chi connectivity index (χ3v) is 7.01. The Bertz CT molecular complexity index is 603. The zero-order chi connectivity index (χ0) is 19.5.